The summed E-state index contributed by atoms with van der Waals surface area (Å²) in [7, 11) is 2.73. The average Bonchev–Trinajstić information content (AvgIpc) is 3.97. The molecule has 0 spiro atoms. The molecule has 404 valence electrons. The fraction of sp³-hybridized carbons (Fsp3) is 0.404. The topological polar surface area (TPSA) is 305 Å². The minimum Gasteiger partial charge on any atom is -0.493 e. The number of primary amides is 1. The first-order chi connectivity index (χ1) is 35.8. The highest BCUT2D eigenvalue weighted by Crippen LogP contribution is 2.39. The number of likely N-dealkylation sites (tertiary alicyclic amines) is 2. The Bertz CT molecular complexity index is 2620. The van der Waals surface area contributed by atoms with Crippen molar-refractivity contribution in [3.05, 3.63) is 102 Å². The Hall–Kier alpha value is -8.31. The molecular weight excluding hydrogens is 979 g/mol. The number of carbonyl (C=O) groups excluding carboxylic acids is 7. The van der Waals surface area contributed by atoms with Crippen molar-refractivity contribution < 1.29 is 76.9 Å². The second kappa shape index (κ2) is 27.1. The summed E-state index contributed by atoms with van der Waals surface area (Å²) < 4.78 is 38.8. The zero-order chi connectivity index (χ0) is 54.9. The number of aliphatic hydroxyl groups is 2. The summed E-state index contributed by atoms with van der Waals surface area (Å²) in [5.74, 6) is -2.21. The fourth-order valence-corrected chi connectivity index (χ4v) is 8.01. The highest BCUT2D eigenvalue weighted by atomic mass is 16.6. The third-order valence-electron chi connectivity index (χ3n) is 11.8. The third kappa shape index (κ3) is 15.6. The van der Waals surface area contributed by atoms with Gasteiger partial charge in [0.15, 0.2) is 23.0 Å². The van der Waals surface area contributed by atoms with Crippen LogP contribution in [0.1, 0.15) is 66.3 Å². The minimum atomic E-state index is -1.18. The molecular formula is C52H65N7O16. The number of nitrogens with two attached hydrogens (primary N) is 1. The standard InChI is InChI=1S/C52H65N7O16/c1-9-15-73-52(68)57-45(29(2)3)47(63)54-32(6)46(62)55-34-13-11-33(12-14-34)28-74-51(67)56-39-22-43(41(69-7)20-37(39)48(64)58-24-30(4)18-35(58)26-60)71-16-10-17-72-44-23-40(75-50(53)66)38(21-42(44)70-8)49(65)59-25-31(5)19-36(59)27-61/h9,11-14,20-23,29,32,35-36,45,60-61H,1,4-5,10,15-19,24-28H2,2-3,6-8H3,(H2,53,66)(H,54,63)(H,55,62)(H,56,67)(H,57,68). The van der Waals surface area contributed by atoms with Crippen LogP contribution in [-0.4, -0.2) is 146 Å². The van der Waals surface area contributed by atoms with E-state index >= 15 is 0 Å². The third-order valence-corrected chi connectivity index (χ3v) is 11.8. The van der Waals surface area contributed by atoms with Crippen LogP contribution in [-0.2, 0) is 25.7 Å². The van der Waals surface area contributed by atoms with Crippen molar-refractivity contribution >= 4 is 53.3 Å². The second-order valence-electron chi connectivity index (χ2n) is 17.8. The lowest BCUT2D eigenvalue weighted by Crippen LogP contribution is -2.53. The van der Waals surface area contributed by atoms with Crippen LogP contribution in [0.2, 0.25) is 0 Å². The van der Waals surface area contributed by atoms with Gasteiger partial charge in [0.05, 0.1) is 69.5 Å². The molecule has 0 radical (unpaired) electrons. The highest BCUT2D eigenvalue weighted by molar-refractivity contribution is 6.04. The van der Waals surface area contributed by atoms with Crippen LogP contribution in [0.3, 0.4) is 0 Å². The fourth-order valence-electron chi connectivity index (χ4n) is 8.01. The number of hydrogen-bond acceptors (Lipinski definition) is 16. The number of anilines is 2. The first kappa shape index (κ1) is 57.6. The lowest BCUT2D eigenvalue weighted by atomic mass is 10.0. The van der Waals surface area contributed by atoms with Gasteiger partial charge in [-0.05, 0) is 49.4 Å². The van der Waals surface area contributed by atoms with Gasteiger partial charge in [-0.1, -0.05) is 62.9 Å². The molecule has 0 aromatic heterocycles. The Morgan fingerprint density at radius 1 is 0.720 bits per heavy atom. The summed E-state index contributed by atoms with van der Waals surface area (Å²) in [5.41, 5.74) is 7.67. The number of carbonyl (C=O) groups is 7. The van der Waals surface area contributed by atoms with Crippen molar-refractivity contribution in [2.45, 2.75) is 70.8 Å². The number of amides is 7. The van der Waals surface area contributed by atoms with Crippen molar-refractivity contribution in [3.8, 4) is 28.7 Å². The van der Waals surface area contributed by atoms with Gasteiger partial charge in [0.25, 0.3) is 11.8 Å². The first-order valence-electron chi connectivity index (χ1n) is 23.8. The zero-order valence-corrected chi connectivity index (χ0v) is 42.6. The molecule has 2 aliphatic heterocycles. The SMILES string of the molecule is C=CCOC(=O)NC(C(=O)NC(C)C(=O)Nc1ccc(COC(=O)Nc2cc(OCCCOc3cc(OC(N)=O)c(C(=O)N4CC(=C)CC4CO)cc3OC)c(OC)cc2C(=O)N2CC(=C)CC2CO)cc1)C(C)C. The van der Waals surface area contributed by atoms with Crippen LogP contribution < -0.4 is 50.7 Å². The molecule has 23 nitrogen and oxygen atoms in total. The molecule has 8 N–H and O–H groups in total. The van der Waals surface area contributed by atoms with Crippen LogP contribution >= 0.6 is 0 Å². The van der Waals surface area contributed by atoms with Crippen LogP contribution in [0.15, 0.2) is 85.5 Å². The smallest absolute Gasteiger partial charge is 0.411 e. The van der Waals surface area contributed by atoms with Gasteiger partial charge in [-0.3, -0.25) is 24.5 Å². The first-order valence-corrected chi connectivity index (χ1v) is 23.8. The van der Waals surface area contributed by atoms with E-state index in [1.54, 1.807) is 38.1 Å². The van der Waals surface area contributed by atoms with Crippen molar-refractivity contribution in [1.29, 1.82) is 0 Å². The number of alkyl carbamates (subject to hydrolysis) is 1. The van der Waals surface area contributed by atoms with Crippen molar-refractivity contribution in [1.82, 2.24) is 20.4 Å². The molecule has 4 unspecified atom stereocenters. The molecule has 4 atom stereocenters. The molecule has 5 rings (SSSR count). The number of nitrogens with zero attached hydrogens (tertiary/aromatic N) is 2. The van der Waals surface area contributed by atoms with E-state index in [0.717, 1.165) is 11.1 Å². The van der Waals surface area contributed by atoms with E-state index in [4.69, 9.17) is 38.9 Å². The van der Waals surface area contributed by atoms with Crippen LogP contribution in [0.4, 0.5) is 25.8 Å². The number of methoxy groups -OCH3 is 2. The predicted octanol–water partition coefficient (Wildman–Crippen LogP) is 4.66. The van der Waals surface area contributed by atoms with Crippen molar-refractivity contribution in [2.75, 3.05) is 71.0 Å². The summed E-state index contributed by atoms with van der Waals surface area (Å²) in [5, 5.41) is 30.4. The Morgan fingerprint density at radius 2 is 1.28 bits per heavy atom. The lowest BCUT2D eigenvalue weighted by Gasteiger charge is -2.25. The Morgan fingerprint density at radius 3 is 1.81 bits per heavy atom. The number of benzene rings is 3. The molecule has 3 aromatic carbocycles. The number of rotatable bonds is 24. The van der Waals surface area contributed by atoms with E-state index < -0.39 is 66.1 Å². The molecule has 2 fully saturated rings. The zero-order valence-electron chi connectivity index (χ0n) is 42.6. The van der Waals surface area contributed by atoms with E-state index in [0.29, 0.717) is 24.1 Å². The van der Waals surface area contributed by atoms with Gasteiger partial charge in [0.2, 0.25) is 11.8 Å². The quantitative estimate of drug-likeness (QED) is 0.0474. The van der Waals surface area contributed by atoms with Crippen molar-refractivity contribution in [2.24, 2.45) is 11.7 Å². The largest absolute Gasteiger partial charge is 0.493 e. The van der Waals surface area contributed by atoms with Gasteiger partial charge in [-0.15, -0.1) is 0 Å². The molecule has 0 bridgehead atoms. The van der Waals surface area contributed by atoms with E-state index in [2.05, 4.69) is 41.0 Å². The Kier molecular flexibility index (Phi) is 20.8. The Labute approximate surface area is 433 Å². The summed E-state index contributed by atoms with van der Waals surface area (Å²) >= 11 is 0. The maximum absolute atomic E-state index is 14.1. The van der Waals surface area contributed by atoms with Gasteiger partial charge >= 0.3 is 18.3 Å². The van der Waals surface area contributed by atoms with Gasteiger partial charge < -0.3 is 74.9 Å². The molecule has 0 saturated carbocycles. The normalized spacial score (nSPS) is 15.8. The average molecular weight is 1040 g/mol. The molecule has 7 amide bonds. The summed E-state index contributed by atoms with van der Waals surface area (Å²) in [6.07, 6.45) is -0.515. The van der Waals surface area contributed by atoms with E-state index in [1.807, 2.05) is 0 Å². The number of aliphatic hydroxyl groups excluding tert-OH is 2. The van der Waals surface area contributed by atoms with Crippen LogP contribution in [0, 0.1) is 5.92 Å². The Balaban J connectivity index is 1.24. The molecule has 23 heteroatoms. The summed E-state index contributed by atoms with van der Waals surface area (Å²) in [4.78, 5) is 93.9. The monoisotopic (exact) mass is 1040 g/mol. The molecule has 2 saturated heterocycles. The number of hydrogen-bond donors (Lipinski definition) is 7. The van der Waals surface area contributed by atoms with Crippen LogP contribution in [0.5, 0.6) is 28.7 Å². The van der Waals surface area contributed by atoms with E-state index in [9.17, 15) is 43.8 Å². The summed E-state index contributed by atoms with van der Waals surface area (Å²) in [6, 6.07) is 8.75. The molecule has 2 heterocycles. The van der Waals surface area contributed by atoms with Crippen molar-refractivity contribution in [3.63, 3.8) is 0 Å². The molecule has 3 aromatic rings. The van der Waals surface area contributed by atoms with Gasteiger partial charge in [-0.25, -0.2) is 14.4 Å². The second-order valence-corrected chi connectivity index (χ2v) is 17.8. The van der Waals surface area contributed by atoms with Gasteiger partial charge in [0.1, 0.15) is 31.0 Å². The number of nitrogens with one attached hydrogen (secondary N) is 4. The molecule has 0 aliphatic carbocycles. The lowest BCUT2D eigenvalue weighted by molar-refractivity contribution is -0.128. The predicted molar refractivity (Wildman–Crippen MR) is 273 cm³/mol. The van der Waals surface area contributed by atoms with E-state index in [-0.39, 0.29) is 111 Å². The van der Waals surface area contributed by atoms with Gasteiger partial charge in [-0.2, -0.15) is 0 Å². The van der Waals surface area contributed by atoms with E-state index in [1.165, 1.54) is 61.3 Å². The number of ether oxygens (including phenoxy) is 7. The summed E-state index contributed by atoms with van der Waals surface area (Å²) in [6.45, 7) is 15.8. The minimum absolute atomic E-state index is 0.00134. The maximum atomic E-state index is 14.1. The molecule has 75 heavy (non-hydrogen) atoms. The maximum Gasteiger partial charge on any atom is 0.411 e. The highest BCUT2D eigenvalue weighted by Gasteiger charge is 2.35. The van der Waals surface area contributed by atoms with Crippen LogP contribution in [0.25, 0.3) is 0 Å². The van der Waals surface area contributed by atoms with Gasteiger partial charge in [0, 0.05) is 43.4 Å². The molecule has 2 aliphatic rings.